The molecule has 128 valence electrons. The third-order valence-electron chi connectivity index (χ3n) is 2.96. The summed E-state index contributed by atoms with van der Waals surface area (Å²) in [7, 11) is 0. The summed E-state index contributed by atoms with van der Waals surface area (Å²) in [4.78, 5) is 8.23. The van der Waals surface area contributed by atoms with Crippen molar-refractivity contribution < 1.29 is 17.7 Å². The molecule has 5 nitrogen and oxygen atoms in total. The molecule has 0 aliphatic carbocycles. The summed E-state index contributed by atoms with van der Waals surface area (Å²) in [6.07, 6.45) is -3.98. The molecular weight excluding hydrogens is 341 g/mol. The number of aryl methyl sites for hydroxylation is 1. The van der Waals surface area contributed by atoms with Crippen molar-refractivity contribution >= 4 is 11.8 Å². The summed E-state index contributed by atoms with van der Waals surface area (Å²) < 4.78 is 44.2. The van der Waals surface area contributed by atoms with Gasteiger partial charge in [-0.2, -0.15) is 23.4 Å². The molecule has 0 spiro atoms. The third kappa shape index (κ3) is 4.47. The molecule has 9 heteroatoms. The van der Waals surface area contributed by atoms with Gasteiger partial charge in [-0.15, -0.1) is 0 Å². The highest BCUT2D eigenvalue weighted by Crippen LogP contribution is 2.36. The molecule has 2 aromatic rings. The number of nitrogens with zero attached hydrogens (tertiary/aromatic N) is 4. The molecule has 2 heterocycles. The quantitative estimate of drug-likeness (QED) is 0.749. The fourth-order valence-corrected chi connectivity index (χ4v) is 2.89. The maximum absolute atomic E-state index is 13.1. The van der Waals surface area contributed by atoms with Gasteiger partial charge in [-0.3, -0.25) is 0 Å². The molecule has 0 bridgehead atoms. The van der Waals surface area contributed by atoms with E-state index in [4.69, 9.17) is 9.78 Å². The van der Waals surface area contributed by atoms with Gasteiger partial charge in [0.05, 0.1) is 16.9 Å². The number of alkyl halides is 3. The second-order valence-electron chi connectivity index (χ2n) is 5.59. The first-order valence-electron chi connectivity index (χ1n) is 7.14. The van der Waals surface area contributed by atoms with Gasteiger partial charge in [0.1, 0.15) is 11.1 Å². The zero-order valence-corrected chi connectivity index (χ0v) is 14.1. The molecule has 0 amide bonds. The standard InChI is InChI=1S/C15H15F3N4OS/c1-8(2)4-13-21-12(22-23-13)7-24-14-10(6-19)11(15(16,17)18)5-9(3)20-14/h5,8H,4,7H2,1-3H3. The van der Waals surface area contributed by atoms with Crippen molar-refractivity contribution in [2.45, 2.75) is 44.1 Å². The zero-order valence-electron chi connectivity index (χ0n) is 13.3. The van der Waals surface area contributed by atoms with Crippen LogP contribution in [0.3, 0.4) is 0 Å². The molecule has 0 N–H and O–H groups in total. The SMILES string of the molecule is Cc1cc(C(F)(F)F)c(C#N)c(SCc2noc(CC(C)C)n2)n1. The Balaban J connectivity index is 2.22. The molecule has 24 heavy (non-hydrogen) atoms. The van der Waals surface area contributed by atoms with Crippen LogP contribution < -0.4 is 0 Å². The van der Waals surface area contributed by atoms with Crippen LogP contribution in [0.5, 0.6) is 0 Å². The van der Waals surface area contributed by atoms with Crippen molar-refractivity contribution in [1.29, 1.82) is 5.26 Å². The number of aromatic nitrogens is 3. The predicted octanol–water partition coefficient (Wildman–Crippen LogP) is 4.15. The lowest BCUT2D eigenvalue weighted by Gasteiger charge is -2.12. The minimum Gasteiger partial charge on any atom is -0.339 e. The number of thioether (sulfide) groups is 1. The Morgan fingerprint density at radius 1 is 1.33 bits per heavy atom. The molecule has 0 atom stereocenters. The van der Waals surface area contributed by atoms with Crippen LogP contribution in [-0.4, -0.2) is 15.1 Å². The Morgan fingerprint density at radius 2 is 2.04 bits per heavy atom. The van der Waals surface area contributed by atoms with Crippen molar-refractivity contribution in [3.05, 3.63) is 34.6 Å². The number of hydrogen-bond donors (Lipinski definition) is 0. The summed E-state index contributed by atoms with van der Waals surface area (Å²) in [6, 6.07) is 2.47. The highest BCUT2D eigenvalue weighted by atomic mass is 32.2. The van der Waals surface area contributed by atoms with Crippen molar-refractivity contribution in [3.63, 3.8) is 0 Å². The van der Waals surface area contributed by atoms with Crippen molar-refractivity contribution in [2.24, 2.45) is 5.92 Å². The first kappa shape index (κ1) is 18.3. The molecule has 0 unspecified atom stereocenters. The maximum atomic E-state index is 13.1. The fourth-order valence-electron chi connectivity index (χ4n) is 1.99. The van der Waals surface area contributed by atoms with E-state index in [2.05, 4.69) is 15.1 Å². The number of hydrogen-bond acceptors (Lipinski definition) is 6. The first-order valence-corrected chi connectivity index (χ1v) is 8.12. The van der Waals surface area contributed by atoms with Crippen LogP contribution in [0.2, 0.25) is 0 Å². The van der Waals surface area contributed by atoms with E-state index in [9.17, 15) is 13.2 Å². The lowest BCUT2D eigenvalue weighted by Crippen LogP contribution is -2.10. The van der Waals surface area contributed by atoms with Crippen molar-refractivity contribution in [1.82, 2.24) is 15.1 Å². The van der Waals surface area contributed by atoms with E-state index < -0.39 is 17.3 Å². The van der Waals surface area contributed by atoms with E-state index in [1.165, 1.54) is 6.92 Å². The molecular formula is C15H15F3N4OS. The van der Waals surface area contributed by atoms with Gasteiger partial charge in [-0.25, -0.2) is 4.98 Å². The predicted molar refractivity (Wildman–Crippen MR) is 81.1 cm³/mol. The lowest BCUT2D eigenvalue weighted by atomic mass is 10.1. The normalized spacial score (nSPS) is 11.8. The summed E-state index contributed by atoms with van der Waals surface area (Å²) >= 11 is 0.983. The zero-order chi connectivity index (χ0) is 17.9. The van der Waals surface area contributed by atoms with Gasteiger partial charge in [-0.1, -0.05) is 30.8 Å². The fraction of sp³-hybridized carbons (Fsp3) is 0.467. The van der Waals surface area contributed by atoms with Crippen LogP contribution in [0, 0.1) is 24.2 Å². The van der Waals surface area contributed by atoms with E-state index in [0.717, 1.165) is 17.8 Å². The molecule has 0 radical (unpaired) electrons. The van der Waals surface area contributed by atoms with E-state index in [0.29, 0.717) is 24.1 Å². The van der Waals surface area contributed by atoms with Gasteiger partial charge < -0.3 is 4.52 Å². The van der Waals surface area contributed by atoms with E-state index in [1.807, 2.05) is 13.8 Å². The number of rotatable bonds is 5. The van der Waals surface area contributed by atoms with Crippen molar-refractivity contribution in [3.8, 4) is 6.07 Å². The van der Waals surface area contributed by atoms with Crippen LogP contribution in [0.4, 0.5) is 13.2 Å². The molecule has 2 aromatic heterocycles. The lowest BCUT2D eigenvalue weighted by molar-refractivity contribution is -0.138. The van der Waals surface area contributed by atoms with E-state index >= 15 is 0 Å². The maximum Gasteiger partial charge on any atom is 0.417 e. The largest absolute Gasteiger partial charge is 0.417 e. The second-order valence-corrected chi connectivity index (χ2v) is 6.56. The Labute approximate surface area is 141 Å². The molecule has 0 fully saturated rings. The van der Waals surface area contributed by atoms with Gasteiger partial charge in [0.25, 0.3) is 0 Å². The molecule has 2 rings (SSSR count). The molecule has 0 aliphatic rings. The number of pyridine rings is 1. The van der Waals surface area contributed by atoms with E-state index in [1.54, 1.807) is 6.07 Å². The average molecular weight is 356 g/mol. The number of halogens is 3. The first-order chi connectivity index (χ1) is 11.2. The summed E-state index contributed by atoms with van der Waals surface area (Å²) in [5.41, 5.74) is -1.27. The van der Waals surface area contributed by atoms with Gasteiger partial charge >= 0.3 is 6.18 Å². The minimum absolute atomic E-state index is 0.0139. The number of nitriles is 1. The van der Waals surface area contributed by atoms with Crippen LogP contribution in [0.15, 0.2) is 15.6 Å². The van der Waals surface area contributed by atoms with Crippen LogP contribution in [0.1, 0.15) is 42.4 Å². The molecule has 0 aliphatic heterocycles. The van der Waals surface area contributed by atoms with Gasteiger partial charge in [-0.05, 0) is 18.9 Å². The molecule has 0 aromatic carbocycles. The Bertz CT molecular complexity index is 765. The Morgan fingerprint density at radius 3 is 2.62 bits per heavy atom. The average Bonchev–Trinajstić information content (AvgIpc) is 2.90. The van der Waals surface area contributed by atoms with Crippen LogP contribution in [-0.2, 0) is 18.3 Å². The molecule has 0 saturated heterocycles. The Kier molecular flexibility index (Phi) is 5.49. The van der Waals surface area contributed by atoms with Gasteiger partial charge in [0, 0.05) is 12.1 Å². The van der Waals surface area contributed by atoms with Gasteiger partial charge in [0.15, 0.2) is 5.82 Å². The highest BCUT2D eigenvalue weighted by molar-refractivity contribution is 7.98. The minimum atomic E-state index is -4.61. The van der Waals surface area contributed by atoms with Crippen LogP contribution >= 0.6 is 11.8 Å². The third-order valence-corrected chi connectivity index (χ3v) is 3.93. The molecule has 0 saturated carbocycles. The second kappa shape index (κ2) is 7.21. The highest BCUT2D eigenvalue weighted by Gasteiger charge is 2.35. The van der Waals surface area contributed by atoms with E-state index in [-0.39, 0.29) is 16.5 Å². The summed E-state index contributed by atoms with van der Waals surface area (Å²) in [6.45, 7) is 5.47. The Hall–Kier alpha value is -2.08. The van der Waals surface area contributed by atoms with Gasteiger partial charge in [0.2, 0.25) is 5.89 Å². The summed E-state index contributed by atoms with van der Waals surface area (Å²) in [5, 5.41) is 12.9. The smallest absolute Gasteiger partial charge is 0.339 e. The van der Waals surface area contributed by atoms with Crippen molar-refractivity contribution in [2.75, 3.05) is 0 Å². The topological polar surface area (TPSA) is 75.6 Å². The van der Waals surface area contributed by atoms with Crippen LogP contribution in [0.25, 0.3) is 0 Å². The summed E-state index contributed by atoms with van der Waals surface area (Å²) in [5.74, 6) is 1.36. The monoisotopic (exact) mass is 356 g/mol.